The molecule has 0 amide bonds. The molecular weight excluding hydrogens is 274 g/mol. The van der Waals surface area contributed by atoms with Crippen LogP contribution in [0.15, 0.2) is 18.2 Å². The molecule has 0 aliphatic heterocycles. The average Bonchev–Trinajstić information content (AvgIpc) is 2.76. The molecule has 20 heavy (non-hydrogen) atoms. The van der Waals surface area contributed by atoms with Crippen molar-refractivity contribution in [3.8, 4) is 6.07 Å². The van der Waals surface area contributed by atoms with Gasteiger partial charge in [0, 0.05) is 25.5 Å². The van der Waals surface area contributed by atoms with E-state index >= 15 is 0 Å². The molecule has 0 spiro atoms. The lowest BCUT2D eigenvalue weighted by Crippen LogP contribution is -2.33. The highest BCUT2D eigenvalue weighted by atomic mass is 35.5. The number of nitriles is 1. The highest BCUT2D eigenvalue weighted by molar-refractivity contribution is 6.17. The zero-order valence-corrected chi connectivity index (χ0v) is 12.1. The monoisotopic (exact) mass is 289 g/mol. The minimum atomic E-state index is 0.334. The summed E-state index contributed by atoms with van der Waals surface area (Å²) in [5, 5.41) is 9.07. The highest BCUT2D eigenvalue weighted by Crippen LogP contribution is 2.37. The predicted octanol–water partition coefficient (Wildman–Crippen LogP) is 3.04. The van der Waals surface area contributed by atoms with Gasteiger partial charge in [0.25, 0.3) is 0 Å². The van der Waals surface area contributed by atoms with E-state index < -0.39 is 0 Å². The molecule has 1 aliphatic rings. The molecular formula is C15H16ClN3O. The lowest BCUT2D eigenvalue weighted by Gasteiger charge is -2.36. The largest absolute Gasteiger partial charge is 0.381 e. The summed E-state index contributed by atoms with van der Waals surface area (Å²) in [6.07, 6.45) is 3.06. The molecule has 0 atom stereocenters. The number of rotatable bonds is 4. The van der Waals surface area contributed by atoms with Crippen LogP contribution in [0.3, 0.4) is 0 Å². The third-order valence-electron chi connectivity index (χ3n) is 3.98. The minimum Gasteiger partial charge on any atom is -0.381 e. The van der Waals surface area contributed by atoms with Gasteiger partial charge in [-0.05, 0) is 31.0 Å². The Kier molecular flexibility index (Phi) is 3.64. The summed E-state index contributed by atoms with van der Waals surface area (Å²) < 4.78 is 7.60. The molecule has 0 bridgehead atoms. The summed E-state index contributed by atoms with van der Waals surface area (Å²) in [6.45, 7) is 0. The summed E-state index contributed by atoms with van der Waals surface area (Å²) in [7, 11) is 1.75. The Labute approximate surface area is 122 Å². The molecule has 1 aliphatic carbocycles. The number of nitrogens with zero attached hydrogens (tertiary/aromatic N) is 3. The maximum Gasteiger partial charge on any atom is 0.111 e. The van der Waals surface area contributed by atoms with Crippen molar-refractivity contribution in [3.05, 3.63) is 29.6 Å². The van der Waals surface area contributed by atoms with Crippen LogP contribution in [-0.2, 0) is 11.2 Å². The maximum atomic E-state index is 9.07. The van der Waals surface area contributed by atoms with Crippen molar-refractivity contribution in [2.75, 3.05) is 13.0 Å². The van der Waals surface area contributed by atoms with E-state index in [1.807, 2.05) is 18.2 Å². The van der Waals surface area contributed by atoms with Gasteiger partial charge in [-0.25, -0.2) is 4.98 Å². The molecule has 1 aromatic carbocycles. The molecule has 2 aromatic rings. The number of hydrogen-bond acceptors (Lipinski definition) is 3. The average molecular weight is 290 g/mol. The number of ether oxygens (including phenoxy) is 1. The molecule has 1 heterocycles. The van der Waals surface area contributed by atoms with Crippen molar-refractivity contribution in [3.63, 3.8) is 0 Å². The van der Waals surface area contributed by atoms with Crippen molar-refractivity contribution in [1.82, 2.24) is 9.55 Å². The van der Waals surface area contributed by atoms with Crippen LogP contribution >= 0.6 is 11.6 Å². The Bertz CT molecular complexity index is 668. The molecule has 0 radical (unpaired) electrons. The first kappa shape index (κ1) is 13.4. The van der Waals surface area contributed by atoms with Crippen LogP contribution < -0.4 is 0 Å². The molecule has 0 N–H and O–H groups in total. The van der Waals surface area contributed by atoms with E-state index in [2.05, 4.69) is 15.6 Å². The first-order chi connectivity index (χ1) is 9.76. The Balaban J connectivity index is 2.06. The molecule has 5 heteroatoms. The van der Waals surface area contributed by atoms with Crippen LogP contribution in [0, 0.1) is 11.3 Å². The number of methoxy groups -OCH3 is 1. The Morgan fingerprint density at radius 1 is 1.50 bits per heavy atom. The fourth-order valence-corrected chi connectivity index (χ4v) is 2.99. The van der Waals surface area contributed by atoms with Gasteiger partial charge >= 0.3 is 0 Å². The van der Waals surface area contributed by atoms with Gasteiger partial charge < -0.3 is 9.30 Å². The summed E-state index contributed by atoms with van der Waals surface area (Å²) in [5.41, 5.74) is 2.63. The topological polar surface area (TPSA) is 50.8 Å². The van der Waals surface area contributed by atoms with E-state index in [1.54, 1.807) is 7.11 Å². The summed E-state index contributed by atoms with van der Waals surface area (Å²) >= 11 is 5.89. The Morgan fingerprint density at radius 3 is 2.95 bits per heavy atom. The zero-order valence-electron chi connectivity index (χ0n) is 11.3. The molecule has 0 saturated heterocycles. The number of imidazole rings is 1. The number of aromatic nitrogens is 2. The van der Waals surface area contributed by atoms with E-state index in [-0.39, 0.29) is 0 Å². The van der Waals surface area contributed by atoms with Gasteiger partial charge in [0.2, 0.25) is 0 Å². The molecule has 0 unspecified atom stereocenters. The Morgan fingerprint density at radius 2 is 2.30 bits per heavy atom. The normalized spacial score (nSPS) is 21.6. The number of fused-ring (bicyclic) bond motifs is 1. The second-order valence-electron chi connectivity index (χ2n) is 5.14. The van der Waals surface area contributed by atoms with Gasteiger partial charge in [0.1, 0.15) is 5.82 Å². The standard InChI is InChI=1S/C15H16ClN3O/c1-20-12-7-11(8-12)19-14-6-10(9-17)2-3-13(14)18-15(19)4-5-16/h2-3,6,11-12H,4-5,7-8H2,1H3. The van der Waals surface area contributed by atoms with E-state index in [0.29, 0.717) is 23.6 Å². The van der Waals surface area contributed by atoms with Gasteiger partial charge in [-0.3, -0.25) is 0 Å². The summed E-state index contributed by atoms with van der Waals surface area (Å²) in [5.74, 6) is 1.55. The lowest BCUT2D eigenvalue weighted by atomic mass is 9.88. The quantitative estimate of drug-likeness (QED) is 0.813. The van der Waals surface area contributed by atoms with Gasteiger partial charge in [0.05, 0.1) is 28.8 Å². The number of halogens is 1. The van der Waals surface area contributed by atoms with Gasteiger partial charge in [-0.2, -0.15) is 5.26 Å². The van der Waals surface area contributed by atoms with Gasteiger partial charge in [-0.1, -0.05) is 0 Å². The van der Waals surface area contributed by atoms with Gasteiger partial charge in [-0.15, -0.1) is 11.6 Å². The summed E-state index contributed by atoms with van der Waals surface area (Å²) in [6, 6.07) is 8.23. The fraction of sp³-hybridized carbons (Fsp3) is 0.467. The smallest absolute Gasteiger partial charge is 0.111 e. The second-order valence-corrected chi connectivity index (χ2v) is 5.51. The van der Waals surface area contributed by atoms with Crippen LogP contribution in [-0.4, -0.2) is 28.6 Å². The van der Waals surface area contributed by atoms with Crippen LogP contribution in [0.4, 0.5) is 0 Å². The highest BCUT2D eigenvalue weighted by Gasteiger charge is 2.32. The zero-order chi connectivity index (χ0) is 14.1. The van der Waals surface area contributed by atoms with E-state index in [4.69, 9.17) is 21.6 Å². The number of aryl methyl sites for hydroxylation is 1. The molecule has 4 nitrogen and oxygen atoms in total. The van der Waals surface area contributed by atoms with E-state index in [1.165, 1.54) is 0 Å². The molecule has 1 aromatic heterocycles. The van der Waals surface area contributed by atoms with Crippen LogP contribution in [0.25, 0.3) is 11.0 Å². The van der Waals surface area contributed by atoms with Crippen molar-refractivity contribution in [2.45, 2.75) is 31.4 Å². The van der Waals surface area contributed by atoms with Crippen molar-refractivity contribution in [2.24, 2.45) is 0 Å². The van der Waals surface area contributed by atoms with Crippen LogP contribution in [0.1, 0.15) is 30.3 Å². The maximum absolute atomic E-state index is 9.07. The number of alkyl halides is 1. The van der Waals surface area contributed by atoms with Crippen LogP contribution in [0.5, 0.6) is 0 Å². The molecule has 3 rings (SSSR count). The number of hydrogen-bond donors (Lipinski definition) is 0. The molecule has 1 fully saturated rings. The minimum absolute atomic E-state index is 0.334. The first-order valence-electron chi connectivity index (χ1n) is 6.76. The van der Waals surface area contributed by atoms with E-state index in [9.17, 15) is 0 Å². The fourth-order valence-electron chi connectivity index (χ4n) is 2.82. The van der Waals surface area contributed by atoms with Gasteiger partial charge in [0.15, 0.2) is 0 Å². The third kappa shape index (κ3) is 2.17. The third-order valence-corrected chi connectivity index (χ3v) is 4.17. The SMILES string of the molecule is COC1CC(n2c(CCCl)nc3ccc(C#N)cc32)C1. The molecule has 104 valence electrons. The Hall–Kier alpha value is -1.57. The van der Waals surface area contributed by atoms with Crippen LogP contribution in [0.2, 0.25) is 0 Å². The summed E-state index contributed by atoms with van der Waals surface area (Å²) in [4.78, 5) is 4.66. The van der Waals surface area contributed by atoms with Crippen molar-refractivity contribution in [1.29, 1.82) is 5.26 Å². The number of benzene rings is 1. The second kappa shape index (κ2) is 5.43. The predicted molar refractivity (Wildman–Crippen MR) is 77.9 cm³/mol. The lowest BCUT2D eigenvalue weighted by molar-refractivity contribution is 0.00664. The van der Waals surface area contributed by atoms with Crippen molar-refractivity contribution >= 4 is 22.6 Å². The van der Waals surface area contributed by atoms with E-state index in [0.717, 1.165) is 36.1 Å². The first-order valence-corrected chi connectivity index (χ1v) is 7.30. The van der Waals surface area contributed by atoms with Crippen molar-refractivity contribution < 1.29 is 4.74 Å². The molecule has 1 saturated carbocycles.